The lowest BCUT2D eigenvalue weighted by Gasteiger charge is -2.06. The van der Waals surface area contributed by atoms with Gasteiger partial charge in [0.2, 0.25) is 0 Å². The van der Waals surface area contributed by atoms with Crippen molar-refractivity contribution in [1.29, 1.82) is 0 Å². The zero-order valence-electron chi connectivity index (χ0n) is 8.23. The maximum absolute atomic E-state index is 4.50. The van der Waals surface area contributed by atoms with Gasteiger partial charge in [0, 0.05) is 13.1 Å². The summed E-state index contributed by atoms with van der Waals surface area (Å²) in [4.78, 5) is 0. The van der Waals surface area contributed by atoms with Crippen LogP contribution in [0.5, 0.6) is 0 Å². The molecule has 1 aliphatic heterocycles. The third kappa shape index (κ3) is 5.59. The van der Waals surface area contributed by atoms with Crippen molar-refractivity contribution in [1.82, 2.24) is 5.32 Å². The Hall–Kier alpha value is -0.0400. The third-order valence-electron chi connectivity index (χ3n) is 2.63. The Bertz CT molecular complexity index is 48.0. The second-order valence-corrected chi connectivity index (χ2v) is 3.85. The van der Waals surface area contributed by atoms with Crippen molar-refractivity contribution in [2.75, 3.05) is 13.1 Å². The molecule has 1 heterocycles. The lowest BCUT2D eigenvalue weighted by atomic mass is 10.1. The van der Waals surface area contributed by atoms with E-state index in [0.717, 1.165) is 13.1 Å². The number of rotatable bonds is 0. The third-order valence-corrected chi connectivity index (χ3v) is 2.63. The van der Waals surface area contributed by atoms with Gasteiger partial charge in [-0.1, -0.05) is 44.9 Å². The average Bonchev–Trinajstić information content (AvgIpc) is 2.05. The molecule has 1 rings (SSSR count). The van der Waals surface area contributed by atoms with E-state index in [4.69, 9.17) is 0 Å². The summed E-state index contributed by atoms with van der Waals surface area (Å²) in [6.07, 6.45) is 12.7. The predicted octanol–water partition coefficient (Wildman–Crippen LogP) is 3.12. The molecule has 0 bridgehead atoms. The zero-order chi connectivity index (χ0) is 8.49. The standard InChI is InChI=1S/C11H22N/c1-2-4-6-8-10-12-11-9-7-5-3-1/h1-11H2. The van der Waals surface area contributed by atoms with Crippen molar-refractivity contribution in [3.05, 3.63) is 0 Å². The minimum absolute atomic E-state index is 1.12. The van der Waals surface area contributed by atoms with Crippen LogP contribution in [0.2, 0.25) is 0 Å². The molecule has 0 N–H and O–H groups in total. The molecule has 71 valence electrons. The van der Waals surface area contributed by atoms with Crippen molar-refractivity contribution >= 4 is 0 Å². The Kier molecular flexibility index (Phi) is 6.36. The molecule has 0 unspecified atom stereocenters. The molecular weight excluding hydrogens is 146 g/mol. The van der Waals surface area contributed by atoms with E-state index in [1.807, 2.05) is 0 Å². The summed E-state index contributed by atoms with van der Waals surface area (Å²) in [7, 11) is 0. The van der Waals surface area contributed by atoms with E-state index >= 15 is 0 Å². The van der Waals surface area contributed by atoms with E-state index in [9.17, 15) is 0 Å². The maximum Gasteiger partial charge on any atom is 0.0133 e. The summed E-state index contributed by atoms with van der Waals surface area (Å²) in [5.41, 5.74) is 0. The van der Waals surface area contributed by atoms with Gasteiger partial charge in [-0.15, -0.1) is 0 Å². The van der Waals surface area contributed by atoms with Crippen LogP contribution in [0.3, 0.4) is 0 Å². The Balaban J connectivity index is 2.00. The Morgan fingerprint density at radius 1 is 0.417 bits per heavy atom. The van der Waals surface area contributed by atoms with E-state index in [1.165, 1.54) is 57.8 Å². The Labute approximate surface area is 76.9 Å². The summed E-state index contributed by atoms with van der Waals surface area (Å²) >= 11 is 0. The van der Waals surface area contributed by atoms with E-state index in [-0.39, 0.29) is 0 Å². The lowest BCUT2D eigenvalue weighted by Crippen LogP contribution is -2.08. The molecule has 1 nitrogen and oxygen atoms in total. The fraction of sp³-hybridized carbons (Fsp3) is 1.00. The zero-order valence-corrected chi connectivity index (χ0v) is 8.23. The van der Waals surface area contributed by atoms with Gasteiger partial charge < -0.3 is 0 Å². The molecule has 12 heavy (non-hydrogen) atoms. The van der Waals surface area contributed by atoms with Crippen LogP contribution in [0, 0.1) is 0 Å². The molecular formula is C11H22N. The quantitative estimate of drug-likeness (QED) is 0.527. The van der Waals surface area contributed by atoms with Crippen LogP contribution >= 0.6 is 0 Å². The minimum atomic E-state index is 1.12. The molecule has 0 atom stereocenters. The average molecular weight is 168 g/mol. The fourth-order valence-corrected chi connectivity index (χ4v) is 1.80. The van der Waals surface area contributed by atoms with Crippen molar-refractivity contribution in [3.8, 4) is 0 Å². The van der Waals surface area contributed by atoms with Crippen molar-refractivity contribution < 1.29 is 0 Å². The summed E-state index contributed by atoms with van der Waals surface area (Å²) in [5.74, 6) is 0. The minimum Gasteiger partial charge on any atom is -0.242 e. The molecule has 0 aliphatic carbocycles. The molecule has 1 saturated heterocycles. The van der Waals surface area contributed by atoms with Crippen LogP contribution in [-0.2, 0) is 0 Å². The van der Waals surface area contributed by atoms with Gasteiger partial charge in [0.15, 0.2) is 0 Å². The second kappa shape index (κ2) is 7.60. The first-order valence-corrected chi connectivity index (χ1v) is 5.63. The smallest absolute Gasteiger partial charge is 0.0133 e. The van der Waals surface area contributed by atoms with Crippen molar-refractivity contribution in [2.24, 2.45) is 0 Å². The van der Waals surface area contributed by atoms with Crippen molar-refractivity contribution in [2.45, 2.75) is 57.8 Å². The van der Waals surface area contributed by atoms with E-state index < -0.39 is 0 Å². The molecule has 0 aromatic rings. The van der Waals surface area contributed by atoms with Gasteiger partial charge in [-0.25, -0.2) is 5.32 Å². The van der Waals surface area contributed by atoms with E-state index in [1.54, 1.807) is 0 Å². The van der Waals surface area contributed by atoms with Crippen LogP contribution in [0.25, 0.3) is 0 Å². The van der Waals surface area contributed by atoms with Crippen LogP contribution < -0.4 is 5.32 Å². The topological polar surface area (TPSA) is 14.1 Å². The van der Waals surface area contributed by atoms with Gasteiger partial charge in [-0.2, -0.15) is 0 Å². The molecule has 1 fully saturated rings. The van der Waals surface area contributed by atoms with Gasteiger partial charge in [0.25, 0.3) is 0 Å². The Morgan fingerprint density at radius 3 is 1.17 bits per heavy atom. The van der Waals surface area contributed by atoms with Gasteiger partial charge in [-0.05, 0) is 12.8 Å². The summed E-state index contributed by atoms with van der Waals surface area (Å²) in [5, 5.41) is 4.50. The van der Waals surface area contributed by atoms with Gasteiger partial charge in [-0.3, -0.25) is 0 Å². The van der Waals surface area contributed by atoms with Crippen molar-refractivity contribution in [3.63, 3.8) is 0 Å². The van der Waals surface area contributed by atoms with Crippen LogP contribution in [-0.4, -0.2) is 13.1 Å². The van der Waals surface area contributed by atoms with Crippen LogP contribution in [0.15, 0.2) is 0 Å². The fourth-order valence-electron chi connectivity index (χ4n) is 1.80. The normalized spacial score (nSPS) is 24.0. The first-order valence-electron chi connectivity index (χ1n) is 5.63. The summed E-state index contributed by atoms with van der Waals surface area (Å²) < 4.78 is 0. The van der Waals surface area contributed by atoms with Gasteiger partial charge in [0.1, 0.15) is 0 Å². The molecule has 0 amide bonds. The summed E-state index contributed by atoms with van der Waals surface area (Å²) in [6, 6.07) is 0. The number of nitrogens with zero attached hydrogens (tertiary/aromatic N) is 1. The highest BCUT2D eigenvalue weighted by Gasteiger charge is 1.96. The van der Waals surface area contributed by atoms with E-state index in [0.29, 0.717) is 0 Å². The number of hydrogen-bond acceptors (Lipinski definition) is 0. The monoisotopic (exact) mass is 168 g/mol. The molecule has 0 spiro atoms. The molecule has 0 aromatic carbocycles. The highest BCUT2D eigenvalue weighted by Crippen LogP contribution is 2.10. The molecule has 1 aliphatic rings. The van der Waals surface area contributed by atoms with Crippen LogP contribution in [0.1, 0.15) is 57.8 Å². The Morgan fingerprint density at radius 2 is 0.750 bits per heavy atom. The van der Waals surface area contributed by atoms with Gasteiger partial charge >= 0.3 is 0 Å². The lowest BCUT2D eigenvalue weighted by molar-refractivity contribution is 0.508. The molecule has 1 heteroatoms. The first kappa shape index (κ1) is 10.0. The predicted molar refractivity (Wildman–Crippen MR) is 53.4 cm³/mol. The second-order valence-electron chi connectivity index (χ2n) is 3.85. The first-order chi connectivity index (χ1) is 6.00. The molecule has 0 saturated carbocycles. The largest absolute Gasteiger partial charge is 0.242 e. The number of hydrogen-bond donors (Lipinski definition) is 0. The van der Waals surface area contributed by atoms with Crippen LogP contribution in [0.4, 0.5) is 0 Å². The summed E-state index contributed by atoms with van der Waals surface area (Å²) in [6.45, 7) is 2.25. The van der Waals surface area contributed by atoms with E-state index in [2.05, 4.69) is 5.32 Å². The highest BCUT2D eigenvalue weighted by molar-refractivity contribution is 4.53. The SMILES string of the molecule is C1CCCCC[N]CCCCC1. The highest BCUT2D eigenvalue weighted by atomic mass is 14.8. The molecule has 1 radical (unpaired) electrons. The molecule has 0 aromatic heterocycles. The maximum atomic E-state index is 4.50. The van der Waals surface area contributed by atoms with Gasteiger partial charge in [0.05, 0.1) is 0 Å².